The molecule has 2 aromatic rings. The molecule has 0 bridgehead atoms. The van der Waals surface area contributed by atoms with Crippen molar-refractivity contribution < 1.29 is 14.3 Å². The maximum Gasteiger partial charge on any atom is 0.259 e. The molecule has 0 radical (unpaired) electrons. The first kappa shape index (κ1) is 22.2. The summed E-state index contributed by atoms with van der Waals surface area (Å²) in [4.78, 5) is 28.9. The highest BCUT2D eigenvalue weighted by Gasteiger charge is 2.21. The summed E-state index contributed by atoms with van der Waals surface area (Å²) in [7, 11) is 1.45. The van der Waals surface area contributed by atoms with Crippen LogP contribution in [0.1, 0.15) is 30.1 Å². The molecule has 0 spiro atoms. The van der Waals surface area contributed by atoms with Gasteiger partial charge in [0.05, 0.1) is 17.7 Å². The molecular weight excluding hydrogens is 425 g/mol. The molecule has 0 unspecified atom stereocenters. The summed E-state index contributed by atoms with van der Waals surface area (Å²) in [5, 5.41) is 3.48. The number of methoxy groups -OCH3 is 1. The number of amides is 2. The van der Waals surface area contributed by atoms with Gasteiger partial charge in [-0.2, -0.15) is 0 Å². The summed E-state index contributed by atoms with van der Waals surface area (Å²) >= 11 is 12.1. The van der Waals surface area contributed by atoms with E-state index in [0.717, 1.165) is 38.3 Å². The number of halogens is 2. The monoisotopic (exact) mass is 449 g/mol. The van der Waals surface area contributed by atoms with Crippen molar-refractivity contribution >= 4 is 46.4 Å². The van der Waals surface area contributed by atoms with Crippen LogP contribution in [-0.2, 0) is 4.79 Å². The van der Waals surface area contributed by atoms with Crippen LogP contribution in [0.4, 0.5) is 11.4 Å². The lowest BCUT2D eigenvalue weighted by atomic mass is 10.1. The van der Waals surface area contributed by atoms with Crippen LogP contribution < -0.4 is 15.0 Å². The van der Waals surface area contributed by atoms with Gasteiger partial charge in [-0.3, -0.25) is 9.59 Å². The fourth-order valence-corrected chi connectivity index (χ4v) is 4.05. The third-order valence-corrected chi connectivity index (χ3v) is 5.54. The second-order valence-electron chi connectivity index (χ2n) is 7.09. The van der Waals surface area contributed by atoms with Crippen molar-refractivity contribution in [2.24, 2.45) is 0 Å². The van der Waals surface area contributed by atoms with E-state index in [4.69, 9.17) is 27.9 Å². The highest BCUT2D eigenvalue weighted by atomic mass is 35.5. The molecular formula is C22H25Cl2N3O3. The number of hydrogen-bond donors (Lipinski definition) is 1. The first-order chi connectivity index (χ1) is 14.4. The molecule has 0 aliphatic carbocycles. The predicted molar refractivity (Wildman–Crippen MR) is 121 cm³/mol. The zero-order valence-electron chi connectivity index (χ0n) is 17.1. The average molecular weight is 450 g/mol. The summed E-state index contributed by atoms with van der Waals surface area (Å²) in [6, 6.07) is 10.7. The van der Waals surface area contributed by atoms with Crippen LogP contribution in [-0.4, -0.2) is 50.0 Å². The molecule has 0 aromatic heterocycles. The number of nitrogens with one attached hydrogen (secondary N) is 1. The number of rotatable bonds is 6. The number of hydrogen-bond acceptors (Lipinski definition) is 4. The van der Waals surface area contributed by atoms with Crippen LogP contribution in [0, 0.1) is 0 Å². The minimum Gasteiger partial charge on any atom is -0.494 e. The van der Waals surface area contributed by atoms with E-state index in [1.165, 1.54) is 19.2 Å². The predicted octanol–water partition coefficient (Wildman–Crippen LogP) is 4.70. The number of carbonyl (C=O) groups excluding carboxylic acids is 2. The first-order valence-electron chi connectivity index (χ1n) is 9.90. The van der Waals surface area contributed by atoms with Crippen LogP contribution in [0.2, 0.25) is 10.0 Å². The minimum atomic E-state index is -0.355. The number of carbonyl (C=O) groups is 2. The van der Waals surface area contributed by atoms with Crippen molar-refractivity contribution in [2.45, 2.75) is 19.8 Å². The Bertz CT molecular complexity index is 911. The molecule has 30 heavy (non-hydrogen) atoms. The van der Waals surface area contributed by atoms with E-state index in [1.807, 2.05) is 36.1 Å². The third-order valence-electron chi connectivity index (χ3n) is 5.04. The molecule has 2 amide bonds. The first-order valence-corrected chi connectivity index (χ1v) is 10.7. The molecule has 1 heterocycles. The molecule has 3 rings (SSSR count). The topological polar surface area (TPSA) is 61.9 Å². The molecule has 8 heteroatoms. The van der Waals surface area contributed by atoms with Gasteiger partial charge in [0, 0.05) is 49.0 Å². The summed E-state index contributed by atoms with van der Waals surface area (Å²) in [5.74, 6) is 0.157. The van der Waals surface area contributed by atoms with E-state index in [2.05, 4.69) is 10.2 Å². The lowest BCUT2D eigenvalue weighted by Gasteiger charge is -2.36. The molecule has 6 nitrogen and oxygen atoms in total. The smallest absolute Gasteiger partial charge is 0.259 e. The zero-order chi connectivity index (χ0) is 21.7. The highest BCUT2D eigenvalue weighted by molar-refractivity contribution is 6.36. The van der Waals surface area contributed by atoms with Gasteiger partial charge >= 0.3 is 0 Å². The molecule has 2 aromatic carbocycles. The summed E-state index contributed by atoms with van der Waals surface area (Å²) in [5.41, 5.74) is 1.98. The molecule has 1 aliphatic rings. The van der Waals surface area contributed by atoms with E-state index in [0.29, 0.717) is 17.1 Å². The lowest BCUT2D eigenvalue weighted by molar-refractivity contribution is -0.131. The van der Waals surface area contributed by atoms with Crippen LogP contribution >= 0.6 is 23.2 Å². The molecule has 1 fully saturated rings. The van der Waals surface area contributed by atoms with Crippen LogP contribution in [0.5, 0.6) is 5.75 Å². The van der Waals surface area contributed by atoms with Crippen molar-refractivity contribution in [1.29, 1.82) is 0 Å². The van der Waals surface area contributed by atoms with Crippen LogP contribution in [0.3, 0.4) is 0 Å². The molecule has 1 N–H and O–H groups in total. The van der Waals surface area contributed by atoms with Gasteiger partial charge in [-0.1, -0.05) is 30.1 Å². The van der Waals surface area contributed by atoms with Gasteiger partial charge in [0.15, 0.2) is 0 Å². The maximum atomic E-state index is 12.7. The van der Waals surface area contributed by atoms with Gasteiger partial charge in [0.2, 0.25) is 5.91 Å². The Morgan fingerprint density at radius 1 is 1.07 bits per heavy atom. The van der Waals surface area contributed by atoms with Gasteiger partial charge < -0.3 is 19.9 Å². The fraction of sp³-hybridized carbons (Fsp3) is 0.364. The van der Waals surface area contributed by atoms with E-state index < -0.39 is 0 Å². The van der Waals surface area contributed by atoms with Crippen molar-refractivity contribution in [1.82, 2.24) is 4.90 Å². The Balaban J connectivity index is 1.63. The fourth-order valence-electron chi connectivity index (χ4n) is 3.48. The van der Waals surface area contributed by atoms with Crippen LogP contribution in [0.15, 0.2) is 36.4 Å². The second kappa shape index (κ2) is 10.0. The van der Waals surface area contributed by atoms with Crippen LogP contribution in [0.25, 0.3) is 0 Å². The average Bonchev–Trinajstić information content (AvgIpc) is 2.74. The van der Waals surface area contributed by atoms with Crippen molar-refractivity contribution in [3.63, 3.8) is 0 Å². The van der Waals surface area contributed by atoms with Crippen molar-refractivity contribution in [3.8, 4) is 5.75 Å². The highest BCUT2D eigenvalue weighted by Crippen LogP contribution is 2.32. The maximum absolute atomic E-state index is 12.7. The Morgan fingerprint density at radius 2 is 1.73 bits per heavy atom. The molecule has 0 atom stereocenters. The number of anilines is 2. The molecule has 1 aliphatic heterocycles. The molecule has 160 valence electrons. The van der Waals surface area contributed by atoms with Crippen molar-refractivity contribution in [3.05, 3.63) is 52.0 Å². The number of nitrogens with zero attached hydrogens (tertiary/aromatic N) is 2. The number of ether oxygens (including phenoxy) is 1. The summed E-state index contributed by atoms with van der Waals surface area (Å²) < 4.78 is 5.24. The van der Waals surface area contributed by atoms with Gasteiger partial charge in [-0.05, 0) is 42.8 Å². The number of benzene rings is 2. The van der Waals surface area contributed by atoms with Gasteiger partial charge in [0.1, 0.15) is 5.75 Å². The van der Waals surface area contributed by atoms with Gasteiger partial charge in [-0.15, -0.1) is 0 Å². The molecule has 0 saturated carbocycles. The summed E-state index contributed by atoms with van der Waals surface area (Å²) in [6.07, 6.45) is 1.48. The number of piperazine rings is 1. The van der Waals surface area contributed by atoms with Crippen molar-refractivity contribution in [2.75, 3.05) is 43.5 Å². The van der Waals surface area contributed by atoms with E-state index >= 15 is 0 Å². The minimum absolute atomic E-state index is 0.228. The quantitative estimate of drug-likeness (QED) is 0.693. The zero-order valence-corrected chi connectivity index (χ0v) is 18.6. The van der Waals surface area contributed by atoms with E-state index in [1.54, 1.807) is 0 Å². The third kappa shape index (κ3) is 5.18. The Morgan fingerprint density at radius 3 is 2.33 bits per heavy atom. The SMILES string of the molecule is CCCC(=O)N1CCN(c2ccc(NC(=O)c3cc(Cl)cc(Cl)c3OC)cc2)CC1. The second-order valence-corrected chi connectivity index (χ2v) is 7.93. The van der Waals surface area contributed by atoms with Gasteiger partial charge in [0.25, 0.3) is 5.91 Å². The summed E-state index contributed by atoms with van der Waals surface area (Å²) in [6.45, 7) is 5.06. The lowest BCUT2D eigenvalue weighted by Crippen LogP contribution is -2.48. The Kier molecular flexibility index (Phi) is 7.45. The van der Waals surface area contributed by atoms with Gasteiger partial charge in [-0.25, -0.2) is 0 Å². The normalized spacial score (nSPS) is 13.9. The van der Waals surface area contributed by atoms with E-state index in [9.17, 15) is 9.59 Å². The standard InChI is InChI=1S/C22H25Cl2N3O3/c1-3-4-20(28)27-11-9-26(10-12-27)17-7-5-16(6-8-17)25-22(29)18-13-15(23)14-19(24)21(18)30-2/h5-8,13-14H,3-4,9-12H2,1-2H3,(H,25,29). The molecule has 1 saturated heterocycles. The van der Waals surface area contributed by atoms with E-state index in [-0.39, 0.29) is 28.1 Å². The Hall–Kier alpha value is -2.44. The largest absolute Gasteiger partial charge is 0.494 e. The Labute approximate surface area is 186 Å².